The Morgan fingerprint density at radius 3 is 2.76 bits per heavy atom. The van der Waals surface area contributed by atoms with Crippen LogP contribution in [0.4, 0.5) is 8.78 Å². The molecule has 0 aliphatic carbocycles. The Labute approximate surface area is 111 Å². The van der Waals surface area contributed by atoms with Crippen molar-refractivity contribution in [2.24, 2.45) is 0 Å². The number of hydrogen-bond acceptors (Lipinski definition) is 3. The molecule has 0 radical (unpaired) electrons. The molecule has 0 saturated heterocycles. The summed E-state index contributed by atoms with van der Waals surface area (Å²) in [5.74, 6) is -0.241. The lowest BCUT2D eigenvalue weighted by atomic mass is 10.1. The molecule has 0 unspecified atom stereocenters. The van der Waals surface area contributed by atoms with Crippen molar-refractivity contribution in [3.05, 3.63) is 23.8 Å². The largest absolute Gasteiger partial charge is 0.433 e. The molecule has 0 aromatic heterocycles. The minimum atomic E-state index is -2.93. The Morgan fingerprint density at radius 2 is 2.24 bits per heavy atom. The van der Waals surface area contributed by atoms with E-state index in [1.807, 2.05) is 0 Å². The Bertz CT molecular complexity index is 399. The van der Waals surface area contributed by atoms with E-state index in [0.717, 1.165) is 0 Å². The SMILES string of the molecule is CSc1cccc(C(=O)CCBr)c1OC(F)F. The topological polar surface area (TPSA) is 26.3 Å². The Hall–Kier alpha value is -0.620. The van der Waals surface area contributed by atoms with Gasteiger partial charge in [-0.2, -0.15) is 8.78 Å². The van der Waals surface area contributed by atoms with E-state index in [2.05, 4.69) is 20.7 Å². The van der Waals surface area contributed by atoms with Gasteiger partial charge >= 0.3 is 6.61 Å². The molecule has 0 heterocycles. The van der Waals surface area contributed by atoms with Crippen molar-refractivity contribution in [1.82, 2.24) is 0 Å². The number of carbonyl (C=O) groups excluding carboxylic acids is 1. The smallest absolute Gasteiger partial charge is 0.387 e. The van der Waals surface area contributed by atoms with Gasteiger partial charge in [-0.15, -0.1) is 11.8 Å². The summed E-state index contributed by atoms with van der Waals surface area (Å²) in [7, 11) is 0. The zero-order chi connectivity index (χ0) is 12.8. The zero-order valence-electron chi connectivity index (χ0n) is 9.08. The van der Waals surface area contributed by atoms with E-state index in [4.69, 9.17) is 0 Å². The molecule has 1 aromatic carbocycles. The highest BCUT2D eigenvalue weighted by Gasteiger charge is 2.18. The van der Waals surface area contributed by atoms with Crippen LogP contribution in [-0.4, -0.2) is 24.0 Å². The van der Waals surface area contributed by atoms with E-state index in [1.54, 1.807) is 18.4 Å². The van der Waals surface area contributed by atoms with Crippen LogP contribution in [0.1, 0.15) is 16.8 Å². The molecular formula is C11H11BrF2O2S. The Balaban J connectivity index is 3.14. The number of ether oxygens (including phenoxy) is 1. The summed E-state index contributed by atoms with van der Waals surface area (Å²) in [5, 5.41) is 0.490. The summed E-state index contributed by atoms with van der Waals surface area (Å²) < 4.78 is 29.1. The average Bonchev–Trinajstić information content (AvgIpc) is 2.28. The molecule has 17 heavy (non-hydrogen) atoms. The normalized spacial score (nSPS) is 10.6. The first kappa shape index (κ1) is 14.4. The molecule has 6 heteroatoms. The predicted molar refractivity (Wildman–Crippen MR) is 67.6 cm³/mol. The maximum Gasteiger partial charge on any atom is 0.387 e. The van der Waals surface area contributed by atoms with Crippen molar-refractivity contribution < 1.29 is 18.3 Å². The molecule has 0 N–H and O–H groups in total. The van der Waals surface area contributed by atoms with Gasteiger partial charge in [0.1, 0.15) is 5.75 Å². The maximum absolute atomic E-state index is 12.3. The lowest BCUT2D eigenvalue weighted by Crippen LogP contribution is -2.09. The van der Waals surface area contributed by atoms with Crippen molar-refractivity contribution in [3.63, 3.8) is 0 Å². The summed E-state index contributed by atoms with van der Waals surface area (Å²) in [6.45, 7) is -2.93. The van der Waals surface area contributed by atoms with Crippen LogP contribution in [0.5, 0.6) is 5.75 Å². The first-order valence-corrected chi connectivity index (χ1v) is 7.15. The number of ketones is 1. The van der Waals surface area contributed by atoms with Gasteiger partial charge < -0.3 is 4.74 Å². The molecule has 1 rings (SSSR count). The van der Waals surface area contributed by atoms with E-state index < -0.39 is 6.61 Å². The van der Waals surface area contributed by atoms with Crippen LogP contribution < -0.4 is 4.74 Å². The zero-order valence-corrected chi connectivity index (χ0v) is 11.5. The van der Waals surface area contributed by atoms with Gasteiger partial charge in [-0.25, -0.2) is 0 Å². The van der Waals surface area contributed by atoms with Crippen LogP contribution in [0.25, 0.3) is 0 Å². The monoisotopic (exact) mass is 324 g/mol. The number of carbonyl (C=O) groups is 1. The summed E-state index contributed by atoms with van der Waals surface area (Å²) in [4.78, 5) is 12.3. The third-order valence-corrected chi connectivity index (χ3v) is 3.19. The fourth-order valence-electron chi connectivity index (χ4n) is 1.33. The number of benzene rings is 1. The van der Waals surface area contributed by atoms with Gasteiger partial charge in [0.2, 0.25) is 0 Å². The maximum atomic E-state index is 12.3. The van der Waals surface area contributed by atoms with Crippen LogP contribution in [0, 0.1) is 0 Å². The fourth-order valence-corrected chi connectivity index (χ4v) is 2.25. The molecule has 2 nitrogen and oxygen atoms in total. The molecule has 0 amide bonds. The quantitative estimate of drug-likeness (QED) is 0.450. The van der Waals surface area contributed by atoms with Gasteiger partial charge in [-0.05, 0) is 18.4 Å². The van der Waals surface area contributed by atoms with Crippen LogP contribution in [0.2, 0.25) is 0 Å². The lowest BCUT2D eigenvalue weighted by Gasteiger charge is -2.13. The number of halogens is 3. The van der Waals surface area contributed by atoms with Gasteiger partial charge in [-0.1, -0.05) is 22.0 Å². The molecule has 0 fully saturated rings. The van der Waals surface area contributed by atoms with Gasteiger partial charge in [0.15, 0.2) is 5.78 Å². The number of para-hydroxylation sites is 1. The number of thioether (sulfide) groups is 1. The van der Waals surface area contributed by atoms with E-state index >= 15 is 0 Å². The molecular weight excluding hydrogens is 314 g/mol. The van der Waals surface area contributed by atoms with E-state index in [-0.39, 0.29) is 23.5 Å². The minimum Gasteiger partial charge on any atom is -0.433 e. The molecule has 0 atom stereocenters. The first-order valence-electron chi connectivity index (χ1n) is 4.81. The second kappa shape index (κ2) is 6.96. The van der Waals surface area contributed by atoms with Gasteiger partial charge in [0.25, 0.3) is 0 Å². The van der Waals surface area contributed by atoms with E-state index in [1.165, 1.54) is 17.8 Å². The molecule has 0 saturated carbocycles. The number of Topliss-reactive ketones (excluding diaryl/α,β-unsaturated/α-hetero) is 1. The summed E-state index contributed by atoms with van der Waals surface area (Å²) in [6.07, 6.45) is 1.99. The van der Waals surface area contributed by atoms with Crippen molar-refractivity contribution in [3.8, 4) is 5.75 Å². The van der Waals surface area contributed by atoms with E-state index in [9.17, 15) is 13.6 Å². The number of hydrogen-bond donors (Lipinski definition) is 0. The standard InChI is InChI=1S/C11H11BrF2O2S/c1-17-9-4-2-3-7(8(15)5-6-12)10(9)16-11(13)14/h2-4,11H,5-6H2,1H3. The van der Waals surface area contributed by atoms with Crippen molar-refractivity contribution in [1.29, 1.82) is 0 Å². The Kier molecular flexibility index (Phi) is 5.91. The average molecular weight is 325 g/mol. The van der Waals surface area contributed by atoms with Crippen LogP contribution in [-0.2, 0) is 0 Å². The minimum absolute atomic E-state index is 0.0269. The summed E-state index contributed by atoms with van der Waals surface area (Å²) >= 11 is 4.41. The molecule has 0 spiro atoms. The molecule has 0 aliphatic rings. The highest BCUT2D eigenvalue weighted by Crippen LogP contribution is 2.33. The fraction of sp³-hybridized carbons (Fsp3) is 0.364. The highest BCUT2D eigenvalue weighted by atomic mass is 79.9. The third-order valence-electron chi connectivity index (χ3n) is 2.03. The lowest BCUT2D eigenvalue weighted by molar-refractivity contribution is -0.0519. The van der Waals surface area contributed by atoms with Crippen LogP contribution in [0.3, 0.4) is 0 Å². The van der Waals surface area contributed by atoms with E-state index in [0.29, 0.717) is 10.2 Å². The molecule has 0 bridgehead atoms. The van der Waals surface area contributed by atoms with Crippen molar-refractivity contribution in [2.45, 2.75) is 17.9 Å². The third kappa shape index (κ3) is 3.96. The van der Waals surface area contributed by atoms with Gasteiger partial charge in [0, 0.05) is 11.8 Å². The Morgan fingerprint density at radius 1 is 1.53 bits per heavy atom. The van der Waals surface area contributed by atoms with Crippen molar-refractivity contribution in [2.75, 3.05) is 11.6 Å². The van der Waals surface area contributed by atoms with Crippen molar-refractivity contribution >= 4 is 33.5 Å². The van der Waals surface area contributed by atoms with Gasteiger partial charge in [0.05, 0.1) is 10.5 Å². The molecule has 94 valence electrons. The second-order valence-corrected chi connectivity index (χ2v) is 4.72. The first-order chi connectivity index (χ1) is 8.10. The molecule has 1 aromatic rings. The van der Waals surface area contributed by atoms with Gasteiger partial charge in [-0.3, -0.25) is 4.79 Å². The predicted octanol–water partition coefficient (Wildman–Crippen LogP) is 3.98. The summed E-state index contributed by atoms with van der Waals surface area (Å²) in [6, 6.07) is 4.81. The summed E-state index contributed by atoms with van der Waals surface area (Å²) in [5.41, 5.74) is 0.205. The number of rotatable bonds is 6. The number of alkyl halides is 3. The van der Waals surface area contributed by atoms with Crippen LogP contribution in [0.15, 0.2) is 23.1 Å². The van der Waals surface area contributed by atoms with Crippen LogP contribution >= 0.6 is 27.7 Å². The highest BCUT2D eigenvalue weighted by molar-refractivity contribution is 9.09. The second-order valence-electron chi connectivity index (χ2n) is 3.08. The molecule has 0 aliphatic heterocycles.